The summed E-state index contributed by atoms with van der Waals surface area (Å²) in [5.74, 6) is -0.831. The quantitative estimate of drug-likeness (QED) is 0.616. The first-order chi connectivity index (χ1) is 11.6. The number of benzene rings is 1. The highest BCUT2D eigenvalue weighted by atomic mass is 19.1. The summed E-state index contributed by atoms with van der Waals surface area (Å²) in [5, 5.41) is 10.7. The number of ether oxygens (including phenoxy) is 1. The van der Waals surface area contributed by atoms with Crippen LogP contribution in [-0.2, 0) is 11.3 Å². The molecule has 1 heterocycles. The maximum atomic E-state index is 13.7. The van der Waals surface area contributed by atoms with Crippen molar-refractivity contribution in [1.82, 2.24) is 9.80 Å². The van der Waals surface area contributed by atoms with Gasteiger partial charge in [-0.25, -0.2) is 4.79 Å². The number of nitro benzene ring substituents is 1. The van der Waals surface area contributed by atoms with E-state index in [1.807, 2.05) is 27.7 Å². The zero-order chi connectivity index (χ0) is 18.8. The van der Waals surface area contributed by atoms with Crippen LogP contribution >= 0.6 is 0 Å². The molecule has 1 unspecified atom stereocenters. The van der Waals surface area contributed by atoms with Gasteiger partial charge in [0.05, 0.1) is 4.92 Å². The molecule has 1 aromatic rings. The molecule has 0 bridgehead atoms. The fourth-order valence-electron chi connectivity index (χ4n) is 2.82. The Bertz CT molecular complexity index is 660. The molecular weight excluding hydrogens is 329 g/mol. The molecule has 1 atom stereocenters. The average molecular weight is 353 g/mol. The third-order valence-corrected chi connectivity index (χ3v) is 3.95. The number of nitro groups is 1. The summed E-state index contributed by atoms with van der Waals surface area (Å²) in [6.07, 6.45) is -0.332. The van der Waals surface area contributed by atoms with Crippen LogP contribution in [0.2, 0.25) is 0 Å². The van der Waals surface area contributed by atoms with Crippen LogP contribution in [0.4, 0.5) is 14.9 Å². The van der Waals surface area contributed by atoms with Gasteiger partial charge in [0.2, 0.25) is 5.82 Å². The normalized spacial score (nSPS) is 18.9. The summed E-state index contributed by atoms with van der Waals surface area (Å²) in [6.45, 7) is 9.67. The van der Waals surface area contributed by atoms with Gasteiger partial charge in [-0.15, -0.1) is 0 Å². The van der Waals surface area contributed by atoms with Crippen LogP contribution in [0.25, 0.3) is 0 Å². The Balaban J connectivity index is 1.96. The lowest BCUT2D eigenvalue weighted by Crippen LogP contribution is -2.54. The first-order valence-electron chi connectivity index (χ1n) is 8.21. The van der Waals surface area contributed by atoms with Crippen molar-refractivity contribution in [1.29, 1.82) is 0 Å². The highest BCUT2D eigenvalue weighted by molar-refractivity contribution is 5.68. The van der Waals surface area contributed by atoms with Crippen LogP contribution in [-0.4, -0.2) is 52.1 Å². The van der Waals surface area contributed by atoms with Crippen LogP contribution in [0.15, 0.2) is 18.2 Å². The predicted molar refractivity (Wildman–Crippen MR) is 90.7 cm³/mol. The first-order valence-corrected chi connectivity index (χ1v) is 8.21. The molecule has 0 spiro atoms. The molecule has 1 aliphatic rings. The molecule has 0 N–H and O–H groups in total. The second-order valence-electron chi connectivity index (χ2n) is 7.30. The second kappa shape index (κ2) is 7.35. The molecule has 2 rings (SSSR count). The number of hydrogen-bond acceptors (Lipinski definition) is 5. The smallest absolute Gasteiger partial charge is 0.410 e. The molecule has 0 saturated carbocycles. The summed E-state index contributed by atoms with van der Waals surface area (Å²) in [7, 11) is 0. The number of rotatable bonds is 3. The molecule has 8 heteroatoms. The van der Waals surface area contributed by atoms with Crippen LogP contribution in [0, 0.1) is 15.9 Å². The Morgan fingerprint density at radius 3 is 2.60 bits per heavy atom. The minimum atomic E-state index is -0.831. The molecule has 0 aromatic heterocycles. The lowest BCUT2D eigenvalue weighted by atomic mass is 10.1. The molecule has 7 nitrogen and oxygen atoms in total. The molecule has 0 radical (unpaired) electrons. The van der Waals surface area contributed by atoms with E-state index >= 15 is 0 Å². The lowest BCUT2D eigenvalue weighted by Gasteiger charge is -2.40. The first kappa shape index (κ1) is 19.1. The van der Waals surface area contributed by atoms with Crippen molar-refractivity contribution < 1.29 is 18.8 Å². The molecule has 1 amide bonds. The van der Waals surface area contributed by atoms with Gasteiger partial charge < -0.3 is 9.64 Å². The van der Waals surface area contributed by atoms with E-state index in [-0.39, 0.29) is 12.1 Å². The molecular formula is C17H24FN3O4. The van der Waals surface area contributed by atoms with Gasteiger partial charge in [-0.1, -0.05) is 6.07 Å². The van der Waals surface area contributed by atoms with Crippen LogP contribution in [0.1, 0.15) is 33.3 Å². The van der Waals surface area contributed by atoms with Gasteiger partial charge in [-0.2, -0.15) is 4.39 Å². The number of nitrogens with zero attached hydrogens (tertiary/aromatic N) is 3. The summed E-state index contributed by atoms with van der Waals surface area (Å²) < 4.78 is 19.1. The molecule has 0 aliphatic carbocycles. The van der Waals surface area contributed by atoms with Crippen molar-refractivity contribution in [2.75, 3.05) is 19.6 Å². The van der Waals surface area contributed by atoms with Crippen molar-refractivity contribution in [3.63, 3.8) is 0 Å². The highest BCUT2D eigenvalue weighted by Gasteiger charge is 2.30. The summed E-state index contributed by atoms with van der Waals surface area (Å²) in [5.41, 5.74) is -0.391. The van der Waals surface area contributed by atoms with E-state index in [1.165, 1.54) is 12.1 Å². The SMILES string of the molecule is CC1CN(Cc2ccc([N+](=O)[O-])c(F)c2)CCN1C(=O)OC(C)(C)C. The van der Waals surface area contributed by atoms with Crippen molar-refractivity contribution in [2.45, 2.75) is 45.9 Å². The van der Waals surface area contributed by atoms with Crippen LogP contribution in [0.5, 0.6) is 0 Å². The van der Waals surface area contributed by atoms with Gasteiger partial charge in [0.25, 0.3) is 0 Å². The minimum absolute atomic E-state index is 0.0357. The molecule has 1 aliphatic heterocycles. The van der Waals surface area contributed by atoms with Gasteiger partial charge >= 0.3 is 11.8 Å². The van der Waals surface area contributed by atoms with Crippen molar-refractivity contribution in [3.05, 3.63) is 39.7 Å². The van der Waals surface area contributed by atoms with E-state index in [2.05, 4.69) is 4.90 Å². The van der Waals surface area contributed by atoms with E-state index in [9.17, 15) is 19.3 Å². The van der Waals surface area contributed by atoms with E-state index in [0.29, 0.717) is 31.7 Å². The van der Waals surface area contributed by atoms with Gasteiger partial charge in [0.1, 0.15) is 5.60 Å². The molecule has 1 saturated heterocycles. The summed E-state index contributed by atoms with van der Waals surface area (Å²) in [4.78, 5) is 25.9. The summed E-state index contributed by atoms with van der Waals surface area (Å²) in [6, 6.07) is 3.91. The molecule has 1 fully saturated rings. The minimum Gasteiger partial charge on any atom is -0.444 e. The number of amides is 1. The zero-order valence-electron chi connectivity index (χ0n) is 15.0. The Morgan fingerprint density at radius 1 is 1.40 bits per heavy atom. The maximum Gasteiger partial charge on any atom is 0.410 e. The molecule has 138 valence electrons. The number of carbonyl (C=O) groups is 1. The fraction of sp³-hybridized carbons (Fsp3) is 0.588. The second-order valence-corrected chi connectivity index (χ2v) is 7.30. The van der Waals surface area contributed by atoms with Gasteiger partial charge in [-0.05, 0) is 39.3 Å². The van der Waals surface area contributed by atoms with Crippen molar-refractivity contribution in [3.8, 4) is 0 Å². The fourth-order valence-corrected chi connectivity index (χ4v) is 2.82. The largest absolute Gasteiger partial charge is 0.444 e. The number of hydrogen-bond donors (Lipinski definition) is 0. The van der Waals surface area contributed by atoms with E-state index < -0.39 is 22.0 Å². The molecule has 1 aromatic carbocycles. The Hall–Kier alpha value is -2.22. The summed E-state index contributed by atoms with van der Waals surface area (Å²) >= 11 is 0. The lowest BCUT2D eigenvalue weighted by molar-refractivity contribution is -0.387. The third-order valence-electron chi connectivity index (χ3n) is 3.95. The van der Waals surface area contributed by atoms with Crippen LogP contribution in [0.3, 0.4) is 0 Å². The van der Waals surface area contributed by atoms with E-state index in [4.69, 9.17) is 4.74 Å². The van der Waals surface area contributed by atoms with E-state index in [0.717, 1.165) is 0 Å². The van der Waals surface area contributed by atoms with Gasteiger partial charge in [0, 0.05) is 38.3 Å². The Kier molecular flexibility index (Phi) is 5.62. The van der Waals surface area contributed by atoms with Gasteiger partial charge in [0.15, 0.2) is 0 Å². The number of piperazine rings is 1. The standard InChI is InChI=1S/C17H24FN3O4/c1-12-10-19(7-8-20(12)16(22)25-17(2,3)4)11-13-5-6-15(21(23)24)14(18)9-13/h5-6,9,12H,7-8,10-11H2,1-4H3. The van der Waals surface area contributed by atoms with Crippen molar-refractivity contribution >= 4 is 11.8 Å². The average Bonchev–Trinajstić information content (AvgIpc) is 2.45. The van der Waals surface area contributed by atoms with Gasteiger partial charge in [-0.3, -0.25) is 15.0 Å². The number of halogens is 1. The topological polar surface area (TPSA) is 75.9 Å². The molecule has 25 heavy (non-hydrogen) atoms. The third kappa shape index (κ3) is 5.12. The van der Waals surface area contributed by atoms with Crippen molar-refractivity contribution in [2.24, 2.45) is 0 Å². The van der Waals surface area contributed by atoms with E-state index in [1.54, 1.807) is 11.0 Å². The van der Waals surface area contributed by atoms with Crippen LogP contribution < -0.4 is 0 Å². The monoisotopic (exact) mass is 353 g/mol. The highest BCUT2D eigenvalue weighted by Crippen LogP contribution is 2.21. The predicted octanol–water partition coefficient (Wildman–Crippen LogP) is 3.18. The number of carbonyl (C=O) groups excluding carboxylic acids is 1. The Labute approximate surface area is 146 Å². The Morgan fingerprint density at radius 2 is 2.08 bits per heavy atom. The zero-order valence-corrected chi connectivity index (χ0v) is 15.0. The maximum absolute atomic E-state index is 13.7.